The molecular formula is C25H24N6O4. The molecule has 2 aromatic carbocycles. The summed E-state index contributed by atoms with van der Waals surface area (Å²) in [6.07, 6.45) is 4.37. The largest absolute Gasteiger partial charge is 0.494 e. The first kappa shape index (κ1) is 23.7. The van der Waals surface area contributed by atoms with Crippen LogP contribution in [0.15, 0.2) is 54.9 Å². The number of ether oxygens (including phenoxy) is 2. The van der Waals surface area contributed by atoms with Crippen molar-refractivity contribution in [1.29, 1.82) is 5.26 Å². The van der Waals surface area contributed by atoms with E-state index in [1.54, 1.807) is 36.4 Å². The number of morpholine rings is 1. The van der Waals surface area contributed by atoms with Gasteiger partial charge in [0, 0.05) is 36.3 Å². The highest BCUT2D eigenvalue weighted by atomic mass is 16.5. The van der Waals surface area contributed by atoms with E-state index in [2.05, 4.69) is 26.7 Å². The molecule has 178 valence electrons. The summed E-state index contributed by atoms with van der Waals surface area (Å²) in [7, 11) is 1.51. The average molecular weight is 473 g/mol. The number of nitriles is 1. The minimum absolute atomic E-state index is 0.173. The highest BCUT2D eigenvalue weighted by Gasteiger charge is 2.22. The van der Waals surface area contributed by atoms with Gasteiger partial charge in [0.05, 0.1) is 36.5 Å². The molecule has 0 saturated carbocycles. The van der Waals surface area contributed by atoms with E-state index in [0.29, 0.717) is 52.5 Å². The molecule has 1 aliphatic heterocycles. The number of nitrogens with one attached hydrogen (secondary N) is 2. The molecule has 10 heteroatoms. The van der Waals surface area contributed by atoms with Crippen LogP contribution in [0.3, 0.4) is 0 Å². The van der Waals surface area contributed by atoms with E-state index < -0.39 is 0 Å². The molecule has 0 unspecified atom stereocenters. The number of fused-ring (bicyclic) bond motifs is 1. The molecule has 0 spiro atoms. The van der Waals surface area contributed by atoms with Crippen molar-refractivity contribution in [1.82, 2.24) is 14.9 Å². The van der Waals surface area contributed by atoms with Gasteiger partial charge in [-0.1, -0.05) is 12.1 Å². The van der Waals surface area contributed by atoms with E-state index in [0.717, 1.165) is 0 Å². The first-order valence-electron chi connectivity index (χ1n) is 10.9. The lowest BCUT2D eigenvalue weighted by Crippen LogP contribution is -2.44. The zero-order valence-corrected chi connectivity index (χ0v) is 19.3. The molecular weight excluding hydrogens is 448 g/mol. The van der Waals surface area contributed by atoms with E-state index in [-0.39, 0.29) is 24.5 Å². The van der Waals surface area contributed by atoms with Gasteiger partial charge in [-0.2, -0.15) is 5.26 Å². The van der Waals surface area contributed by atoms with E-state index in [4.69, 9.17) is 14.7 Å². The lowest BCUT2D eigenvalue weighted by atomic mass is 10.1. The van der Waals surface area contributed by atoms with Crippen LogP contribution in [0, 0.1) is 11.3 Å². The molecule has 1 atom stereocenters. The summed E-state index contributed by atoms with van der Waals surface area (Å²) in [5, 5.41) is 15.8. The van der Waals surface area contributed by atoms with Gasteiger partial charge in [-0.15, -0.1) is 0 Å². The highest BCUT2D eigenvalue weighted by molar-refractivity contribution is 6.03. The Hall–Kier alpha value is -4.49. The second-order valence-electron chi connectivity index (χ2n) is 8.00. The zero-order valence-electron chi connectivity index (χ0n) is 19.3. The van der Waals surface area contributed by atoms with Gasteiger partial charge < -0.3 is 20.1 Å². The van der Waals surface area contributed by atoms with Crippen LogP contribution < -0.4 is 15.4 Å². The molecule has 1 aromatic heterocycles. The Morgan fingerprint density at radius 1 is 1.34 bits per heavy atom. The molecule has 1 saturated heterocycles. The van der Waals surface area contributed by atoms with Gasteiger partial charge in [-0.3, -0.25) is 14.5 Å². The number of anilines is 3. The Balaban J connectivity index is 1.52. The SMILES string of the molecule is COc1cc2ncnc(Nc3cccc(C#N)c3)c2cc1NC(=O)C=CCN1CC(=O)O[C@H](C)C1. The predicted octanol–water partition coefficient (Wildman–Crippen LogP) is 3.00. The Labute approximate surface area is 202 Å². The number of amides is 1. The van der Waals surface area contributed by atoms with Crippen molar-refractivity contribution in [2.45, 2.75) is 13.0 Å². The number of carbonyl (C=O) groups excluding carboxylic acids is 2. The summed E-state index contributed by atoms with van der Waals surface area (Å²) < 4.78 is 10.6. The molecule has 10 nitrogen and oxygen atoms in total. The minimum atomic E-state index is -0.344. The van der Waals surface area contributed by atoms with Gasteiger partial charge >= 0.3 is 5.97 Å². The van der Waals surface area contributed by atoms with Gasteiger partial charge in [-0.05, 0) is 31.2 Å². The molecule has 0 radical (unpaired) electrons. The van der Waals surface area contributed by atoms with Crippen LogP contribution in [0.4, 0.5) is 17.2 Å². The summed E-state index contributed by atoms with van der Waals surface area (Å²) in [5.74, 6) is 0.352. The zero-order chi connectivity index (χ0) is 24.8. The minimum Gasteiger partial charge on any atom is -0.494 e. The number of benzene rings is 2. The monoisotopic (exact) mass is 472 g/mol. The number of carbonyl (C=O) groups is 2. The van der Waals surface area contributed by atoms with Gasteiger partial charge in [-0.25, -0.2) is 9.97 Å². The fourth-order valence-electron chi connectivity index (χ4n) is 3.79. The van der Waals surface area contributed by atoms with Crippen LogP contribution in [0.1, 0.15) is 12.5 Å². The van der Waals surface area contributed by atoms with Crippen molar-refractivity contribution in [3.63, 3.8) is 0 Å². The van der Waals surface area contributed by atoms with Gasteiger partial charge in [0.2, 0.25) is 5.91 Å². The van der Waals surface area contributed by atoms with Gasteiger partial charge in [0.25, 0.3) is 0 Å². The average Bonchev–Trinajstić information content (AvgIpc) is 2.83. The maximum atomic E-state index is 12.6. The van der Waals surface area contributed by atoms with Crippen LogP contribution >= 0.6 is 0 Å². The first-order valence-corrected chi connectivity index (χ1v) is 10.9. The number of methoxy groups -OCH3 is 1. The van der Waals surface area contributed by atoms with E-state index in [9.17, 15) is 9.59 Å². The third-order valence-electron chi connectivity index (χ3n) is 5.30. The molecule has 35 heavy (non-hydrogen) atoms. The third-order valence-corrected chi connectivity index (χ3v) is 5.30. The van der Waals surface area contributed by atoms with Crippen molar-refractivity contribution in [2.24, 2.45) is 0 Å². The number of hydrogen-bond donors (Lipinski definition) is 2. The van der Waals surface area contributed by atoms with Crippen molar-refractivity contribution in [2.75, 3.05) is 37.4 Å². The molecule has 2 heterocycles. The maximum absolute atomic E-state index is 12.6. The standard InChI is InChI=1S/C25H24N6O4/c1-16-13-31(14-24(33)35-16)8-4-7-23(32)30-21-10-19-20(11-22(21)34-2)27-15-28-25(19)29-18-6-3-5-17(9-18)12-26/h3-7,9-11,15-16H,8,13-14H2,1-2H3,(H,30,32)(H,27,28,29)/t16-/m1/s1. The second-order valence-corrected chi connectivity index (χ2v) is 8.00. The number of aromatic nitrogens is 2. The number of esters is 1. The number of cyclic esters (lactones) is 1. The Bertz CT molecular complexity index is 1330. The lowest BCUT2D eigenvalue weighted by Gasteiger charge is -2.29. The summed E-state index contributed by atoms with van der Waals surface area (Å²) in [6, 6.07) is 12.6. The number of nitrogens with zero attached hydrogens (tertiary/aromatic N) is 4. The van der Waals surface area contributed by atoms with Crippen molar-refractivity contribution in [3.8, 4) is 11.8 Å². The highest BCUT2D eigenvalue weighted by Crippen LogP contribution is 2.33. The lowest BCUT2D eigenvalue weighted by molar-refractivity contribution is -0.156. The normalized spacial score (nSPS) is 16.0. The van der Waals surface area contributed by atoms with Crippen LogP contribution in [-0.4, -0.2) is 59.6 Å². The maximum Gasteiger partial charge on any atom is 0.320 e. The molecule has 3 aromatic rings. The molecule has 2 N–H and O–H groups in total. The summed E-state index contributed by atoms with van der Waals surface area (Å²) in [6.45, 7) is 3.09. The smallest absolute Gasteiger partial charge is 0.320 e. The number of hydrogen-bond acceptors (Lipinski definition) is 9. The fourth-order valence-corrected chi connectivity index (χ4v) is 3.79. The summed E-state index contributed by atoms with van der Waals surface area (Å²) >= 11 is 0. The molecule has 1 amide bonds. The van der Waals surface area contributed by atoms with Crippen molar-refractivity contribution >= 4 is 40.0 Å². The van der Waals surface area contributed by atoms with Crippen LogP contribution in [0.5, 0.6) is 5.75 Å². The predicted molar refractivity (Wildman–Crippen MR) is 130 cm³/mol. The fraction of sp³-hybridized carbons (Fsp3) is 0.240. The van der Waals surface area contributed by atoms with E-state index in [1.165, 1.54) is 19.5 Å². The molecule has 0 bridgehead atoms. The molecule has 1 aliphatic rings. The van der Waals surface area contributed by atoms with Crippen molar-refractivity contribution < 1.29 is 19.1 Å². The third kappa shape index (κ3) is 5.90. The Kier molecular flexibility index (Phi) is 7.18. The topological polar surface area (TPSA) is 129 Å². The van der Waals surface area contributed by atoms with Gasteiger partial charge in [0.1, 0.15) is 24.0 Å². The molecule has 0 aliphatic carbocycles. The Morgan fingerprint density at radius 2 is 2.20 bits per heavy atom. The summed E-state index contributed by atoms with van der Waals surface area (Å²) in [5.41, 5.74) is 2.29. The van der Waals surface area contributed by atoms with Crippen LogP contribution in [0.25, 0.3) is 10.9 Å². The van der Waals surface area contributed by atoms with Crippen LogP contribution in [0.2, 0.25) is 0 Å². The molecule has 4 rings (SSSR count). The first-order chi connectivity index (χ1) is 16.9. The van der Waals surface area contributed by atoms with E-state index in [1.807, 2.05) is 17.9 Å². The Morgan fingerprint density at radius 3 is 2.97 bits per heavy atom. The second kappa shape index (κ2) is 10.6. The number of rotatable bonds is 7. The quantitative estimate of drug-likeness (QED) is 0.394. The molecule has 1 fully saturated rings. The van der Waals surface area contributed by atoms with E-state index >= 15 is 0 Å². The van der Waals surface area contributed by atoms with Crippen LogP contribution in [-0.2, 0) is 14.3 Å². The van der Waals surface area contributed by atoms with Crippen molar-refractivity contribution in [3.05, 3.63) is 60.4 Å². The summed E-state index contributed by atoms with van der Waals surface area (Å²) in [4.78, 5) is 34.7. The van der Waals surface area contributed by atoms with Gasteiger partial charge in [0.15, 0.2) is 0 Å².